The summed E-state index contributed by atoms with van der Waals surface area (Å²) in [6, 6.07) is 2.87. The number of sulfonamides is 1. The van der Waals surface area contributed by atoms with E-state index in [9.17, 15) is 8.42 Å². The molecule has 0 amide bonds. The van der Waals surface area contributed by atoms with Crippen molar-refractivity contribution in [1.29, 1.82) is 0 Å². The molecule has 0 aliphatic rings. The molecule has 0 bridgehead atoms. The fourth-order valence-electron chi connectivity index (χ4n) is 1.16. The fourth-order valence-corrected chi connectivity index (χ4v) is 2.10. The van der Waals surface area contributed by atoms with E-state index in [1.807, 2.05) is 0 Å². The first-order valence-electron chi connectivity index (χ1n) is 4.74. The van der Waals surface area contributed by atoms with Crippen molar-refractivity contribution >= 4 is 10.0 Å². The van der Waals surface area contributed by atoms with Crippen LogP contribution in [0.1, 0.15) is 11.6 Å². The summed E-state index contributed by atoms with van der Waals surface area (Å²) in [5.41, 5.74) is 5.33. The number of aromatic nitrogens is 3. The minimum atomic E-state index is -3.69. The van der Waals surface area contributed by atoms with Crippen molar-refractivity contribution in [3.63, 3.8) is 0 Å². The van der Waals surface area contributed by atoms with E-state index in [1.165, 1.54) is 18.5 Å². The van der Waals surface area contributed by atoms with Crippen molar-refractivity contribution in [2.24, 2.45) is 5.73 Å². The molecular formula is C8H11N5O3S. The van der Waals surface area contributed by atoms with Gasteiger partial charge in [0.2, 0.25) is 5.09 Å². The molecule has 0 radical (unpaired) electrons. The van der Waals surface area contributed by atoms with Crippen molar-refractivity contribution < 1.29 is 12.8 Å². The zero-order valence-electron chi connectivity index (χ0n) is 8.75. The van der Waals surface area contributed by atoms with Gasteiger partial charge >= 0.3 is 0 Å². The highest BCUT2D eigenvalue weighted by Gasteiger charge is 2.18. The Balaban J connectivity index is 2.08. The second-order valence-corrected chi connectivity index (χ2v) is 4.88. The van der Waals surface area contributed by atoms with Gasteiger partial charge in [-0.25, -0.2) is 18.1 Å². The third-order valence-corrected chi connectivity index (χ3v) is 3.27. The number of nitrogens with zero attached hydrogens (tertiary/aromatic N) is 2. The molecule has 8 nitrogen and oxygen atoms in total. The Morgan fingerprint density at radius 2 is 2.29 bits per heavy atom. The van der Waals surface area contributed by atoms with Gasteiger partial charge in [-0.1, -0.05) is 0 Å². The third-order valence-electron chi connectivity index (χ3n) is 2.00. The second kappa shape index (κ2) is 4.65. The summed E-state index contributed by atoms with van der Waals surface area (Å²) < 4.78 is 30.9. The lowest BCUT2D eigenvalue weighted by Crippen LogP contribution is -2.23. The standard InChI is InChI=1S/C8H11N5O3S/c9-3-6-1-2-8(16-6)17(14,15)12-4-7-10-5-11-13-7/h1-2,5,12H,3-4,9H2,(H,10,11,13). The molecule has 2 aromatic heterocycles. The molecule has 4 N–H and O–H groups in total. The summed E-state index contributed by atoms with van der Waals surface area (Å²) in [6.07, 6.45) is 1.29. The first-order chi connectivity index (χ1) is 8.12. The molecule has 0 unspecified atom stereocenters. The first-order valence-corrected chi connectivity index (χ1v) is 6.23. The summed E-state index contributed by atoms with van der Waals surface area (Å²) in [7, 11) is -3.69. The molecule has 2 aromatic rings. The van der Waals surface area contributed by atoms with Gasteiger partial charge in [-0.15, -0.1) is 0 Å². The van der Waals surface area contributed by atoms with Crippen LogP contribution in [0.3, 0.4) is 0 Å². The molecule has 0 saturated heterocycles. The van der Waals surface area contributed by atoms with E-state index in [2.05, 4.69) is 19.9 Å². The largest absolute Gasteiger partial charge is 0.447 e. The maximum absolute atomic E-state index is 11.7. The zero-order valence-corrected chi connectivity index (χ0v) is 9.57. The number of hydrogen-bond donors (Lipinski definition) is 3. The summed E-state index contributed by atoms with van der Waals surface area (Å²) in [4.78, 5) is 3.79. The third kappa shape index (κ3) is 2.70. The minimum Gasteiger partial charge on any atom is -0.447 e. The van der Waals surface area contributed by atoms with Gasteiger partial charge in [0.1, 0.15) is 17.9 Å². The van der Waals surface area contributed by atoms with E-state index in [0.29, 0.717) is 11.6 Å². The molecule has 0 aliphatic carbocycles. The van der Waals surface area contributed by atoms with E-state index in [-0.39, 0.29) is 18.2 Å². The summed E-state index contributed by atoms with van der Waals surface area (Å²) in [5, 5.41) is 5.97. The van der Waals surface area contributed by atoms with Crippen LogP contribution in [0, 0.1) is 0 Å². The normalized spacial score (nSPS) is 11.8. The highest BCUT2D eigenvalue weighted by atomic mass is 32.2. The zero-order chi connectivity index (χ0) is 12.3. The summed E-state index contributed by atoms with van der Waals surface area (Å²) in [5.74, 6) is 0.823. The van der Waals surface area contributed by atoms with E-state index in [1.54, 1.807) is 0 Å². The molecule has 0 aromatic carbocycles. The number of furan rings is 1. The topological polar surface area (TPSA) is 127 Å². The monoisotopic (exact) mass is 257 g/mol. The van der Waals surface area contributed by atoms with E-state index < -0.39 is 10.0 Å². The second-order valence-electron chi connectivity index (χ2n) is 3.18. The Kier molecular flexibility index (Phi) is 3.22. The molecule has 0 atom stereocenters. The SMILES string of the molecule is NCc1ccc(S(=O)(=O)NCc2ncn[nH]2)o1. The first kappa shape index (κ1) is 11.8. The molecule has 0 fully saturated rings. The van der Waals surface area contributed by atoms with Crippen LogP contribution >= 0.6 is 0 Å². The van der Waals surface area contributed by atoms with Crippen molar-refractivity contribution in [2.45, 2.75) is 18.2 Å². The van der Waals surface area contributed by atoms with Crippen LogP contribution in [-0.2, 0) is 23.1 Å². The summed E-state index contributed by atoms with van der Waals surface area (Å²) >= 11 is 0. The smallest absolute Gasteiger partial charge is 0.274 e. The lowest BCUT2D eigenvalue weighted by atomic mass is 10.5. The maximum atomic E-state index is 11.7. The number of rotatable bonds is 5. The quantitative estimate of drug-likeness (QED) is 0.652. The lowest BCUT2D eigenvalue weighted by Gasteiger charge is -2.01. The number of nitrogens with two attached hydrogens (primary N) is 1. The fraction of sp³-hybridized carbons (Fsp3) is 0.250. The Labute approximate surface area is 97.3 Å². The van der Waals surface area contributed by atoms with Crippen LogP contribution in [0.15, 0.2) is 28.0 Å². The molecule has 0 spiro atoms. The van der Waals surface area contributed by atoms with Crippen LogP contribution in [0.25, 0.3) is 0 Å². The Morgan fingerprint density at radius 1 is 1.47 bits per heavy atom. The highest BCUT2D eigenvalue weighted by molar-refractivity contribution is 7.89. The molecule has 2 heterocycles. The van der Waals surface area contributed by atoms with Crippen molar-refractivity contribution in [2.75, 3.05) is 0 Å². The molecule has 92 valence electrons. The van der Waals surface area contributed by atoms with Gasteiger partial charge in [0, 0.05) is 0 Å². The average Bonchev–Trinajstić information content (AvgIpc) is 2.98. The molecule has 17 heavy (non-hydrogen) atoms. The van der Waals surface area contributed by atoms with Gasteiger partial charge < -0.3 is 10.2 Å². The van der Waals surface area contributed by atoms with Gasteiger partial charge in [-0.05, 0) is 12.1 Å². The number of H-pyrrole nitrogens is 1. The minimum absolute atomic E-state index is 0.0149. The molecular weight excluding hydrogens is 246 g/mol. The average molecular weight is 257 g/mol. The van der Waals surface area contributed by atoms with Crippen LogP contribution in [-0.4, -0.2) is 23.6 Å². The Morgan fingerprint density at radius 3 is 2.88 bits per heavy atom. The maximum Gasteiger partial charge on any atom is 0.274 e. The van der Waals surface area contributed by atoms with Crippen LogP contribution in [0.5, 0.6) is 0 Å². The van der Waals surface area contributed by atoms with Crippen LogP contribution in [0.2, 0.25) is 0 Å². The molecule has 2 rings (SSSR count). The van der Waals surface area contributed by atoms with Crippen molar-refractivity contribution in [3.05, 3.63) is 30.0 Å². The van der Waals surface area contributed by atoms with E-state index in [0.717, 1.165) is 0 Å². The van der Waals surface area contributed by atoms with Gasteiger partial charge in [-0.3, -0.25) is 5.10 Å². The Bertz CT molecular complexity index is 574. The van der Waals surface area contributed by atoms with Gasteiger partial charge in [0.15, 0.2) is 0 Å². The number of aromatic amines is 1. The van der Waals surface area contributed by atoms with Gasteiger partial charge in [0.05, 0.1) is 13.1 Å². The van der Waals surface area contributed by atoms with Crippen LogP contribution in [0.4, 0.5) is 0 Å². The number of nitrogens with one attached hydrogen (secondary N) is 2. The highest BCUT2D eigenvalue weighted by Crippen LogP contribution is 2.13. The van der Waals surface area contributed by atoms with Crippen molar-refractivity contribution in [1.82, 2.24) is 19.9 Å². The van der Waals surface area contributed by atoms with Gasteiger partial charge in [0.25, 0.3) is 10.0 Å². The molecule has 9 heteroatoms. The molecule has 0 aliphatic heterocycles. The van der Waals surface area contributed by atoms with Crippen LogP contribution < -0.4 is 10.5 Å². The van der Waals surface area contributed by atoms with E-state index >= 15 is 0 Å². The predicted octanol–water partition coefficient (Wildman–Crippen LogP) is -0.665. The summed E-state index contributed by atoms with van der Waals surface area (Å²) in [6.45, 7) is 0.165. The van der Waals surface area contributed by atoms with E-state index in [4.69, 9.17) is 10.2 Å². The van der Waals surface area contributed by atoms with Gasteiger partial charge in [-0.2, -0.15) is 5.10 Å². The Hall–Kier alpha value is -1.71. The predicted molar refractivity (Wildman–Crippen MR) is 57.0 cm³/mol. The number of hydrogen-bond acceptors (Lipinski definition) is 6. The van der Waals surface area contributed by atoms with Crippen molar-refractivity contribution in [3.8, 4) is 0 Å². The lowest BCUT2D eigenvalue weighted by molar-refractivity contribution is 0.412. The molecule has 0 saturated carbocycles.